The van der Waals surface area contributed by atoms with E-state index in [0.29, 0.717) is 25.7 Å². The van der Waals surface area contributed by atoms with E-state index in [9.17, 15) is 43.2 Å². The highest BCUT2D eigenvalue weighted by Gasteiger charge is 2.30. The van der Waals surface area contributed by atoms with Crippen molar-refractivity contribution in [3.05, 3.63) is 0 Å². The van der Waals surface area contributed by atoms with Crippen molar-refractivity contribution in [3.8, 4) is 0 Å². The molecule has 0 saturated heterocycles. The molecule has 516 valence electrons. The molecule has 87 heavy (non-hydrogen) atoms. The first-order chi connectivity index (χ1) is 42.2. The Morgan fingerprint density at radius 3 is 0.678 bits per heavy atom. The summed E-state index contributed by atoms with van der Waals surface area (Å²) in [5.41, 5.74) is 0. The Hall–Kier alpha value is -1.94. The van der Waals surface area contributed by atoms with E-state index < -0.39 is 97.5 Å². The summed E-state index contributed by atoms with van der Waals surface area (Å²) in [6.07, 6.45) is 50.2. The van der Waals surface area contributed by atoms with Gasteiger partial charge in [-0.25, -0.2) is 9.13 Å². The molecule has 3 N–H and O–H groups in total. The minimum atomic E-state index is -4.95. The molecule has 0 spiro atoms. The molecular formula is C68H132O17P2. The SMILES string of the molecule is CCCCCCCCCCCCCCCCCCCCC(=O)O[C@H](COC(=O)CCCCCCCCCCCCCCCC)COP(=O)(O)OC[C@@H](O)COP(=O)(O)OC[C@@H](COC(=O)CCCCCCCCC)OC(=O)CCCCCCCCCC. The molecule has 0 heterocycles. The van der Waals surface area contributed by atoms with Crippen molar-refractivity contribution in [3.63, 3.8) is 0 Å². The van der Waals surface area contributed by atoms with Crippen molar-refractivity contribution in [2.45, 2.75) is 373 Å². The van der Waals surface area contributed by atoms with Crippen LogP contribution in [0.25, 0.3) is 0 Å². The van der Waals surface area contributed by atoms with Gasteiger partial charge in [0, 0.05) is 25.7 Å². The van der Waals surface area contributed by atoms with Gasteiger partial charge in [-0.15, -0.1) is 0 Å². The number of carbonyl (C=O) groups excluding carboxylic acids is 4. The van der Waals surface area contributed by atoms with Gasteiger partial charge in [0.15, 0.2) is 12.2 Å². The number of hydrogen-bond acceptors (Lipinski definition) is 15. The van der Waals surface area contributed by atoms with E-state index >= 15 is 0 Å². The lowest BCUT2D eigenvalue weighted by Crippen LogP contribution is -2.30. The lowest BCUT2D eigenvalue weighted by atomic mass is 10.0. The summed E-state index contributed by atoms with van der Waals surface area (Å²) in [7, 11) is -9.88. The second kappa shape index (κ2) is 62.8. The van der Waals surface area contributed by atoms with E-state index in [-0.39, 0.29) is 25.7 Å². The summed E-state index contributed by atoms with van der Waals surface area (Å²) in [5.74, 6) is -2.13. The Labute approximate surface area is 530 Å². The van der Waals surface area contributed by atoms with Crippen LogP contribution in [0.15, 0.2) is 0 Å². The average Bonchev–Trinajstić information content (AvgIpc) is 3.57. The van der Waals surface area contributed by atoms with Crippen LogP contribution in [0.5, 0.6) is 0 Å². The number of hydrogen-bond donors (Lipinski definition) is 3. The molecule has 0 bridgehead atoms. The van der Waals surface area contributed by atoms with Gasteiger partial charge < -0.3 is 33.8 Å². The fourth-order valence-corrected chi connectivity index (χ4v) is 11.9. The van der Waals surface area contributed by atoms with Crippen molar-refractivity contribution >= 4 is 39.5 Å². The van der Waals surface area contributed by atoms with Crippen LogP contribution < -0.4 is 0 Å². The molecule has 0 saturated carbocycles. The summed E-state index contributed by atoms with van der Waals surface area (Å²) in [4.78, 5) is 72.2. The maximum absolute atomic E-state index is 13.0. The summed E-state index contributed by atoms with van der Waals surface area (Å²) >= 11 is 0. The summed E-state index contributed by atoms with van der Waals surface area (Å²) < 4.78 is 68.0. The fraction of sp³-hybridized carbons (Fsp3) is 0.941. The number of ether oxygens (including phenoxy) is 4. The third kappa shape index (κ3) is 62.6. The zero-order valence-electron chi connectivity index (χ0n) is 56.0. The van der Waals surface area contributed by atoms with Crippen molar-refractivity contribution in [2.24, 2.45) is 0 Å². The molecular weight excluding hydrogens is 1150 g/mol. The van der Waals surface area contributed by atoms with Gasteiger partial charge in [0.25, 0.3) is 0 Å². The molecule has 17 nitrogen and oxygen atoms in total. The molecule has 0 rings (SSSR count). The summed E-state index contributed by atoms with van der Waals surface area (Å²) in [6.45, 7) is 4.86. The molecule has 0 aliphatic heterocycles. The van der Waals surface area contributed by atoms with Gasteiger partial charge in [-0.3, -0.25) is 37.3 Å². The van der Waals surface area contributed by atoms with Crippen LogP contribution in [-0.2, 0) is 65.4 Å². The standard InChI is InChI=1S/C68H132O17P2/c1-5-9-13-17-21-24-26-28-30-31-32-33-35-37-39-43-47-51-55-68(73)85-64(59-79-66(71)53-49-45-42-38-36-34-29-27-25-22-18-14-10-6-2)61-83-87(76,77)81-57-62(69)56-80-86(74,75)82-60-63(58-78-65(70)52-48-44-40-20-16-12-8-4)84-67(72)54-50-46-41-23-19-15-11-7-3/h62-64,69H,5-61H2,1-4H3,(H,74,75)(H,76,77)/t62-,63+,64+/m0/s1. The Morgan fingerprint density at radius 2 is 0.460 bits per heavy atom. The van der Waals surface area contributed by atoms with Gasteiger partial charge in [0.2, 0.25) is 0 Å². The quantitative estimate of drug-likeness (QED) is 0.0222. The van der Waals surface area contributed by atoms with Crippen molar-refractivity contribution in [1.82, 2.24) is 0 Å². The molecule has 5 atom stereocenters. The number of rotatable bonds is 69. The van der Waals surface area contributed by atoms with Crippen LogP contribution in [0.3, 0.4) is 0 Å². The van der Waals surface area contributed by atoms with Crippen LogP contribution in [0.1, 0.15) is 355 Å². The predicted molar refractivity (Wildman–Crippen MR) is 349 cm³/mol. The Kier molecular flexibility index (Phi) is 61.4. The number of phosphoric ester groups is 2. The van der Waals surface area contributed by atoms with Crippen LogP contribution in [0, 0.1) is 0 Å². The zero-order chi connectivity index (χ0) is 64.0. The molecule has 0 aliphatic carbocycles. The molecule has 0 aromatic carbocycles. The maximum atomic E-state index is 13.0. The molecule has 0 amide bonds. The highest BCUT2D eigenvalue weighted by molar-refractivity contribution is 7.47. The number of esters is 4. The van der Waals surface area contributed by atoms with Crippen LogP contribution in [-0.4, -0.2) is 96.7 Å². The number of phosphoric acid groups is 2. The van der Waals surface area contributed by atoms with Gasteiger partial charge in [-0.1, -0.05) is 304 Å². The molecule has 0 aliphatic rings. The van der Waals surface area contributed by atoms with Gasteiger partial charge in [-0.05, 0) is 25.7 Å². The van der Waals surface area contributed by atoms with E-state index in [1.165, 1.54) is 167 Å². The Balaban J connectivity index is 5.16. The molecule has 2 unspecified atom stereocenters. The monoisotopic (exact) mass is 1280 g/mol. The lowest BCUT2D eigenvalue weighted by Gasteiger charge is -2.21. The number of aliphatic hydroxyl groups excluding tert-OH is 1. The van der Waals surface area contributed by atoms with Crippen molar-refractivity contribution in [2.75, 3.05) is 39.6 Å². The van der Waals surface area contributed by atoms with Crippen LogP contribution in [0.2, 0.25) is 0 Å². The first-order valence-corrected chi connectivity index (χ1v) is 38.8. The minimum Gasteiger partial charge on any atom is -0.462 e. The fourth-order valence-electron chi connectivity index (χ4n) is 10.3. The minimum absolute atomic E-state index is 0.105. The lowest BCUT2D eigenvalue weighted by molar-refractivity contribution is -0.161. The van der Waals surface area contributed by atoms with Gasteiger partial charge >= 0.3 is 39.5 Å². The van der Waals surface area contributed by atoms with Gasteiger partial charge in [-0.2, -0.15) is 0 Å². The third-order valence-electron chi connectivity index (χ3n) is 15.9. The molecule has 0 aromatic rings. The van der Waals surface area contributed by atoms with E-state index in [4.69, 9.17) is 37.0 Å². The largest absolute Gasteiger partial charge is 0.472 e. The number of aliphatic hydroxyl groups is 1. The van der Waals surface area contributed by atoms with E-state index in [2.05, 4.69) is 27.7 Å². The van der Waals surface area contributed by atoms with Gasteiger partial charge in [0.05, 0.1) is 26.4 Å². The first-order valence-electron chi connectivity index (χ1n) is 35.8. The van der Waals surface area contributed by atoms with Crippen molar-refractivity contribution in [1.29, 1.82) is 0 Å². The Bertz CT molecular complexity index is 1670. The average molecular weight is 1280 g/mol. The normalized spacial score (nSPS) is 14.1. The molecule has 0 fully saturated rings. The summed E-state index contributed by atoms with van der Waals surface area (Å²) in [6, 6.07) is 0. The van der Waals surface area contributed by atoms with Gasteiger partial charge in [0.1, 0.15) is 19.3 Å². The number of carbonyl (C=O) groups is 4. The zero-order valence-corrected chi connectivity index (χ0v) is 57.8. The molecule has 19 heteroatoms. The molecule has 0 radical (unpaired) electrons. The van der Waals surface area contributed by atoms with E-state index in [0.717, 1.165) is 109 Å². The van der Waals surface area contributed by atoms with Crippen LogP contribution in [0.4, 0.5) is 0 Å². The van der Waals surface area contributed by atoms with Crippen LogP contribution >= 0.6 is 15.6 Å². The maximum Gasteiger partial charge on any atom is 0.472 e. The first kappa shape index (κ1) is 85.1. The predicted octanol–water partition coefficient (Wildman–Crippen LogP) is 19.5. The second-order valence-corrected chi connectivity index (χ2v) is 27.5. The molecule has 0 aromatic heterocycles. The van der Waals surface area contributed by atoms with Crippen molar-refractivity contribution < 1.29 is 80.2 Å². The number of unbranched alkanes of at least 4 members (excludes halogenated alkanes) is 43. The third-order valence-corrected chi connectivity index (χ3v) is 17.8. The highest BCUT2D eigenvalue weighted by Crippen LogP contribution is 2.45. The van der Waals surface area contributed by atoms with E-state index in [1.54, 1.807) is 0 Å². The second-order valence-electron chi connectivity index (χ2n) is 24.6. The summed E-state index contributed by atoms with van der Waals surface area (Å²) in [5, 5.41) is 10.5. The topological polar surface area (TPSA) is 237 Å². The smallest absolute Gasteiger partial charge is 0.462 e. The van der Waals surface area contributed by atoms with E-state index in [1.807, 2.05) is 0 Å². The Morgan fingerprint density at radius 1 is 0.276 bits per heavy atom. The highest BCUT2D eigenvalue weighted by atomic mass is 31.2.